The SMILES string of the molecule is CCCCCCCCCCCCCCCC(=O)O[C@H](COC(=O)CCC/C=C\C/C=C\C/C=C\C=C\C(=O)CCCCC)COP(=O)(O)O. The van der Waals surface area contributed by atoms with E-state index < -0.39 is 32.5 Å². The third kappa shape index (κ3) is 36.8. The second-order valence-corrected chi connectivity index (χ2v) is 13.8. The molecule has 0 radical (unpaired) electrons. The first-order chi connectivity index (χ1) is 23.7. The van der Waals surface area contributed by atoms with E-state index in [2.05, 4.69) is 24.4 Å². The maximum absolute atomic E-state index is 12.3. The van der Waals surface area contributed by atoms with Crippen molar-refractivity contribution in [1.29, 1.82) is 0 Å². The molecule has 2 N–H and O–H groups in total. The van der Waals surface area contributed by atoms with Gasteiger partial charge in [-0.25, -0.2) is 4.57 Å². The number of unbranched alkanes of at least 4 members (excludes halogenated alkanes) is 15. The lowest BCUT2D eigenvalue weighted by Gasteiger charge is -2.18. The van der Waals surface area contributed by atoms with Gasteiger partial charge in [0.25, 0.3) is 0 Å². The van der Waals surface area contributed by atoms with Crippen LogP contribution >= 0.6 is 7.82 Å². The molecule has 0 aliphatic carbocycles. The van der Waals surface area contributed by atoms with Crippen molar-refractivity contribution < 1.29 is 42.7 Å². The second-order valence-electron chi connectivity index (χ2n) is 12.6. The lowest BCUT2D eigenvalue weighted by Crippen LogP contribution is -2.29. The van der Waals surface area contributed by atoms with E-state index in [-0.39, 0.29) is 25.2 Å². The standard InChI is InChI=1S/C39H67O9P/c1-3-5-7-8-9-10-11-12-15-19-22-25-29-33-39(42)48-37(35-47-49(43,44)45)34-46-38(41)32-28-24-21-18-16-13-14-17-20-23-27-31-36(40)30-26-6-4-2/h13-14,18,20-21,23,27,31,37H,3-12,15-17,19,22,24-26,28-30,32-35H2,1-2H3,(H2,43,44,45)/b14-13-,21-18-,23-20-,31-27+/t37-/m1/s1. The van der Waals surface area contributed by atoms with Crippen molar-refractivity contribution in [1.82, 2.24) is 0 Å². The fraction of sp³-hybridized carbons (Fsp3) is 0.718. The quantitative estimate of drug-likeness (QED) is 0.0167. The van der Waals surface area contributed by atoms with Crippen LogP contribution in [-0.4, -0.2) is 46.8 Å². The molecule has 0 heterocycles. The van der Waals surface area contributed by atoms with Gasteiger partial charge < -0.3 is 19.3 Å². The van der Waals surface area contributed by atoms with E-state index in [9.17, 15) is 18.9 Å². The molecule has 0 spiro atoms. The topological polar surface area (TPSA) is 136 Å². The van der Waals surface area contributed by atoms with Crippen molar-refractivity contribution in [3.05, 3.63) is 48.6 Å². The molecule has 0 aliphatic rings. The molecule has 1 atom stereocenters. The second kappa shape index (κ2) is 34.1. The van der Waals surface area contributed by atoms with Gasteiger partial charge in [0.1, 0.15) is 6.61 Å². The van der Waals surface area contributed by atoms with Crippen LogP contribution in [0.2, 0.25) is 0 Å². The zero-order valence-corrected chi connectivity index (χ0v) is 31.5. The zero-order valence-electron chi connectivity index (χ0n) is 30.6. The highest BCUT2D eigenvalue weighted by Gasteiger charge is 2.22. The molecule has 0 bridgehead atoms. The third-order valence-corrected chi connectivity index (χ3v) is 8.31. The normalized spacial score (nSPS) is 12.9. The van der Waals surface area contributed by atoms with E-state index in [1.54, 1.807) is 12.2 Å². The summed E-state index contributed by atoms with van der Waals surface area (Å²) >= 11 is 0. The predicted octanol–water partition coefficient (Wildman–Crippen LogP) is 10.4. The summed E-state index contributed by atoms with van der Waals surface area (Å²) in [5, 5.41) is 0. The average Bonchev–Trinajstić information content (AvgIpc) is 3.06. The number of phosphoric ester groups is 1. The summed E-state index contributed by atoms with van der Waals surface area (Å²) in [4.78, 5) is 54.3. The molecule has 0 aromatic carbocycles. The van der Waals surface area contributed by atoms with E-state index >= 15 is 0 Å². The number of hydrogen-bond donors (Lipinski definition) is 2. The maximum atomic E-state index is 12.3. The predicted molar refractivity (Wildman–Crippen MR) is 198 cm³/mol. The van der Waals surface area contributed by atoms with Crippen LogP contribution in [0.1, 0.15) is 162 Å². The van der Waals surface area contributed by atoms with Gasteiger partial charge in [-0.15, -0.1) is 0 Å². The van der Waals surface area contributed by atoms with Gasteiger partial charge in [0, 0.05) is 19.3 Å². The lowest BCUT2D eigenvalue weighted by atomic mass is 10.0. The average molecular weight is 711 g/mol. The molecule has 0 fully saturated rings. The molecule has 9 nitrogen and oxygen atoms in total. The first-order valence-electron chi connectivity index (χ1n) is 18.9. The number of esters is 2. The summed E-state index contributed by atoms with van der Waals surface area (Å²) < 4.78 is 26.2. The van der Waals surface area contributed by atoms with Gasteiger partial charge in [0.15, 0.2) is 11.9 Å². The van der Waals surface area contributed by atoms with Crippen LogP contribution in [0.5, 0.6) is 0 Å². The number of phosphoric acid groups is 1. The van der Waals surface area contributed by atoms with Crippen LogP contribution in [0.4, 0.5) is 0 Å². The van der Waals surface area contributed by atoms with Crippen LogP contribution in [-0.2, 0) is 32.9 Å². The fourth-order valence-corrected chi connectivity index (χ4v) is 5.33. The molecule has 0 saturated heterocycles. The van der Waals surface area contributed by atoms with Crippen molar-refractivity contribution in [3.8, 4) is 0 Å². The highest BCUT2D eigenvalue weighted by molar-refractivity contribution is 7.46. The highest BCUT2D eigenvalue weighted by Crippen LogP contribution is 2.36. The molecule has 0 unspecified atom stereocenters. The Hall–Kier alpha value is -2.32. The molecule has 10 heteroatoms. The van der Waals surface area contributed by atoms with Crippen molar-refractivity contribution in [2.24, 2.45) is 0 Å². The lowest BCUT2D eigenvalue weighted by molar-refractivity contribution is -0.161. The first-order valence-corrected chi connectivity index (χ1v) is 20.4. The number of ether oxygens (including phenoxy) is 2. The maximum Gasteiger partial charge on any atom is 0.469 e. The Morgan fingerprint density at radius 1 is 0.592 bits per heavy atom. The molecule has 0 saturated carbocycles. The molecular weight excluding hydrogens is 643 g/mol. The number of hydrogen-bond acceptors (Lipinski definition) is 7. The Kier molecular flexibility index (Phi) is 32.5. The van der Waals surface area contributed by atoms with E-state index in [0.717, 1.165) is 51.4 Å². The van der Waals surface area contributed by atoms with Crippen molar-refractivity contribution in [3.63, 3.8) is 0 Å². The minimum absolute atomic E-state index is 0.165. The van der Waals surface area contributed by atoms with E-state index in [1.807, 2.05) is 30.4 Å². The Bertz CT molecular complexity index is 996. The van der Waals surface area contributed by atoms with Gasteiger partial charge in [-0.05, 0) is 44.6 Å². The number of carbonyl (C=O) groups excluding carboxylic acids is 3. The molecule has 0 aliphatic heterocycles. The minimum Gasteiger partial charge on any atom is -0.462 e. The largest absolute Gasteiger partial charge is 0.469 e. The summed E-state index contributed by atoms with van der Waals surface area (Å²) in [5.41, 5.74) is 0. The van der Waals surface area contributed by atoms with Gasteiger partial charge >= 0.3 is 19.8 Å². The molecule has 49 heavy (non-hydrogen) atoms. The van der Waals surface area contributed by atoms with Crippen molar-refractivity contribution in [2.45, 2.75) is 168 Å². The first kappa shape index (κ1) is 46.7. The summed E-state index contributed by atoms with van der Waals surface area (Å²) in [5.74, 6) is -0.819. The Morgan fingerprint density at radius 3 is 1.71 bits per heavy atom. The van der Waals surface area contributed by atoms with Crippen LogP contribution in [0.15, 0.2) is 48.6 Å². The molecular formula is C39H67O9P. The molecule has 282 valence electrons. The molecule has 0 amide bonds. The monoisotopic (exact) mass is 710 g/mol. The number of allylic oxidation sites excluding steroid dienone is 8. The zero-order chi connectivity index (χ0) is 36.3. The third-order valence-electron chi connectivity index (χ3n) is 7.83. The Labute approximate surface area is 297 Å². The minimum atomic E-state index is -4.77. The Morgan fingerprint density at radius 2 is 1.10 bits per heavy atom. The highest BCUT2D eigenvalue weighted by atomic mass is 31.2. The summed E-state index contributed by atoms with van der Waals surface area (Å²) in [7, 11) is -4.77. The molecule has 0 aromatic rings. The molecule has 0 aromatic heterocycles. The smallest absolute Gasteiger partial charge is 0.462 e. The van der Waals surface area contributed by atoms with Crippen molar-refractivity contribution in [2.75, 3.05) is 13.2 Å². The van der Waals surface area contributed by atoms with Crippen LogP contribution < -0.4 is 0 Å². The van der Waals surface area contributed by atoms with Crippen LogP contribution in [0.3, 0.4) is 0 Å². The Balaban J connectivity index is 4.11. The summed E-state index contributed by atoms with van der Waals surface area (Å²) in [6, 6.07) is 0. The van der Waals surface area contributed by atoms with Gasteiger partial charge in [-0.3, -0.25) is 18.9 Å². The number of rotatable bonds is 34. The van der Waals surface area contributed by atoms with Crippen LogP contribution in [0.25, 0.3) is 0 Å². The summed E-state index contributed by atoms with van der Waals surface area (Å²) in [6.07, 6.45) is 36.8. The van der Waals surface area contributed by atoms with Gasteiger partial charge in [-0.2, -0.15) is 0 Å². The number of ketones is 1. The van der Waals surface area contributed by atoms with Crippen molar-refractivity contribution >= 4 is 25.5 Å². The number of carbonyl (C=O) groups is 3. The van der Waals surface area contributed by atoms with E-state index in [0.29, 0.717) is 25.7 Å². The van der Waals surface area contributed by atoms with Gasteiger partial charge in [0.05, 0.1) is 6.61 Å². The van der Waals surface area contributed by atoms with E-state index in [4.69, 9.17) is 19.3 Å². The molecule has 0 rings (SSSR count). The summed E-state index contributed by atoms with van der Waals surface area (Å²) in [6.45, 7) is 3.46. The fourth-order valence-electron chi connectivity index (χ4n) is 4.97. The van der Waals surface area contributed by atoms with Crippen LogP contribution in [0, 0.1) is 0 Å². The van der Waals surface area contributed by atoms with E-state index in [1.165, 1.54) is 57.8 Å². The van der Waals surface area contributed by atoms with Gasteiger partial charge in [0.2, 0.25) is 0 Å². The van der Waals surface area contributed by atoms with Gasteiger partial charge in [-0.1, -0.05) is 146 Å².